The van der Waals surface area contributed by atoms with Crippen LogP contribution in [0.2, 0.25) is 0 Å². The van der Waals surface area contributed by atoms with Crippen LogP contribution in [0.25, 0.3) is 0 Å². The number of carbonyl (C=O) groups is 2. The predicted octanol–water partition coefficient (Wildman–Crippen LogP) is 2.11. The molecule has 18 heavy (non-hydrogen) atoms. The lowest BCUT2D eigenvalue weighted by Gasteiger charge is -2.08. The molecule has 0 radical (unpaired) electrons. The normalized spacial score (nSPS) is 11.9. The number of thioether (sulfide) groups is 1. The maximum absolute atomic E-state index is 13.2. The first-order chi connectivity index (χ1) is 8.41. The summed E-state index contributed by atoms with van der Waals surface area (Å²) in [5, 5.41) is 9.91. The van der Waals surface area contributed by atoms with Gasteiger partial charge in [-0.3, -0.25) is 9.59 Å². The number of benzene rings is 1. The van der Waals surface area contributed by atoms with Gasteiger partial charge in [-0.05, 0) is 19.1 Å². The van der Waals surface area contributed by atoms with Gasteiger partial charge in [0.25, 0.3) is 0 Å². The molecule has 0 fully saturated rings. The number of carboxylic acids is 1. The van der Waals surface area contributed by atoms with Crippen molar-refractivity contribution in [2.24, 2.45) is 0 Å². The fourth-order valence-electron chi connectivity index (χ4n) is 1.06. The summed E-state index contributed by atoms with van der Waals surface area (Å²) in [4.78, 5) is 21.9. The van der Waals surface area contributed by atoms with Crippen molar-refractivity contribution < 1.29 is 23.5 Å². The topological polar surface area (TPSA) is 66.4 Å². The highest BCUT2D eigenvalue weighted by molar-refractivity contribution is 8.01. The van der Waals surface area contributed by atoms with Gasteiger partial charge in [0, 0.05) is 0 Å². The maximum atomic E-state index is 13.2. The predicted molar refractivity (Wildman–Crippen MR) is 64.5 cm³/mol. The number of carbonyl (C=O) groups excluding carboxylic acids is 1. The molecule has 1 amide bonds. The van der Waals surface area contributed by atoms with Gasteiger partial charge >= 0.3 is 5.97 Å². The average Bonchev–Trinajstić information content (AvgIpc) is 2.30. The van der Waals surface area contributed by atoms with Gasteiger partial charge in [-0.2, -0.15) is 0 Å². The fourth-order valence-corrected chi connectivity index (χ4v) is 1.68. The average molecular weight is 275 g/mol. The zero-order valence-electron chi connectivity index (χ0n) is 9.44. The van der Waals surface area contributed by atoms with Gasteiger partial charge in [0.15, 0.2) is 0 Å². The Labute approximate surface area is 106 Å². The van der Waals surface area contributed by atoms with Crippen molar-refractivity contribution in [3.63, 3.8) is 0 Å². The van der Waals surface area contributed by atoms with Crippen LogP contribution in [-0.2, 0) is 9.59 Å². The number of para-hydroxylation sites is 1. The molecule has 0 aliphatic carbocycles. The van der Waals surface area contributed by atoms with E-state index in [9.17, 15) is 18.4 Å². The van der Waals surface area contributed by atoms with E-state index in [0.717, 1.165) is 23.9 Å². The molecule has 0 aliphatic heterocycles. The molecule has 1 rings (SSSR count). The van der Waals surface area contributed by atoms with E-state index >= 15 is 0 Å². The quantitative estimate of drug-likeness (QED) is 0.863. The zero-order chi connectivity index (χ0) is 13.7. The monoisotopic (exact) mass is 275 g/mol. The highest BCUT2D eigenvalue weighted by Gasteiger charge is 2.15. The van der Waals surface area contributed by atoms with Crippen molar-refractivity contribution in [3.8, 4) is 0 Å². The Kier molecular flexibility index (Phi) is 5.08. The van der Waals surface area contributed by atoms with Gasteiger partial charge in [-0.1, -0.05) is 6.07 Å². The first kappa shape index (κ1) is 14.4. The SMILES string of the molecule is CC(SCC(=O)Nc1c(F)cccc1F)C(=O)O. The molecule has 0 saturated heterocycles. The number of carboxylic acid groups (broad SMARTS) is 1. The number of amides is 1. The van der Waals surface area contributed by atoms with Gasteiger partial charge < -0.3 is 10.4 Å². The Bertz CT molecular complexity index is 447. The second-order valence-corrected chi connectivity index (χ2v) is 4.77. The molecule has 1 aromatic carbocycles. The molecule has 1 aromatic rings. The van der Waals surface area contributed by atoms with Crippen LogP contribution in [0.5, 0.6) is 0 Å². The van der Waals surface area contributed by atoms with Crippen molar-refractivity contribution in [1.82, 2.24) is 0 Å². The van der Waals surface area contributed by atoms with Gasteiger partial charge in [-0.15, -0.1) is 11.8 Å². The van der Waals surface area contributed by atoms with E-state index in [0.29, 0.717) is 0 Å². The lowest BCUT2D eigenvalue weighted by molar-refractivity contribution is -0.136. The van der Waals surface area contributed by atoms with Gasteiger partial charge in [0.05, 0.1) is 11.0 Å². The summed E-state index contributed by atoms with van der Waals surface area (Å²) >= 11 is 0.867. The molecule has 2 N–H and O–H groups in total. The number of hydrogen-bond donors (Lipinski definition) is 2. The molecule has 98 valence electrons. The second kappa shape index (κ2) is 6.34. The summed E-state index contributed by atoms with van der Waals surface area (Å²) in [6.45, 7) is 1.42. The van der Waals surface area contributed by atoms with E-state index in [2.05, 4.69) is 5.32 Å². The van der Waals surface area contributed by atoms with Crippen molar-refractivity contribution in [2.45, 2.75) is 12.2 Å². The summed E-state index contributed by atoms with van der Waals surface area (Å²) in [5.74, 6) is -3.65. The highest BCUT2D eigenvalue weighted by atomic mass is 32.2. The molecular weight excluding hydrogens is 264 g/mol. The van der Waals surface area contributed by atoms with Crippen LogP contribution in [0.3, 0.4) is 0 Å². The lowest BCUT2D eigenvalue weighted by atomic mass is 10.3. The summed E-state index contributed by atoms with van der Waals surface area (Å²) in [6, 6.07) is 3.22. The number of aliphatic carboxylic acids is 1. The lowest BCUT2D eigenvalue weighted by Crippen LogP contribution is -2.20. The molecule has 1 atom stereocenters. The first-order valence-corrected chi connectivity index (χ1v) is 6.05. The molecule has 0 saturated carbocycles. The van der Waals surface area contributed by atoms with Gasteiger partial charge in [-0.25, -0.2) is 8.78 Å². The first-order valence-electron chi connectivity index (χ1n) is 5.00. The Morgan fingerprint density at radius 3 is 2.44 bits per heavy atom. The van der Waals surface area contributed by atoms with Crippen LogP contribution in [0.15, 0.2) is 18.2 Å². The second-order valence-electron chi connectivity index (χ2n) is 3.44. The van der Waals surface area contributed by atoms with E-state index in [4.69, 9.17) is 5.11 Å². The van der Waals surface area contributed by atoms with Crippen LogP contribution < -0.4 is 5.32 Å². The number of anilines is 1. The van der Waals surface area contributed by atoms with Gasteiger partial charge in [0.1, 0.15) is 17.3 Å². The Morgan fingerprint density at radius 2 is 1.94 bits per heavy atom. The maximum Gasteiger partial charge on any atom is 0.316 e. The van der Waals surface area contributed by atoms with E-state index in [1.807, 2.05) is 0 Å². The molecule has 0 aliphatic rings. The van der Waals surface area contributed by atoms with Crippen molar-refractivity contribution in [1.29, 1.82) is 0 Å². The summed E-state index contributed by atoms with van der Waals surface area (Å²) in [7, 11) is 0. The minimum Gasteiger partial charge on any atom is -0.480 e. The third-order valence-electron chi connectivity index (χ3n) is 2.04. The number of rotatable bonds is 5. The highest BCUT2D eigenvalue weighted by Crippen LogP contribution is 2.19. The Morgan fingerprint density at radius 1 is 1.39 bits per heavy atom. The standard InChI is InChI=1S/C11H11F2NO3S/c1-6(11(16)17)18-5-9(15)14-10-7(12)3-2-4-8(10)13/h2-4,6H,5H2,1H3,(H,14,15)(H,16,17). The third kappa shape index (κ3) is 3.99. The molecule has 7 heteroatoms. The molecule has 0 bridgehead atoms. The van der Waals surface area contributed by atoms with Crippen LogP contribution in [0, 0.1) is 11.6 Å². The van der Waals surface area contributed by atoms with E-state index in [1.54, 1.807) is 0 Å². The van der Waals surface area contributed by atoms with Crippen LogP contribution in [0.4, 0.5) is 14.5 Å². The summed E-state index contributed by atoms with van der Waals surface area (Å²) < 4.78 is 26.4. The van der Waals surface area contributed by atoms with Crippen molar-refractivity contribution >= 4 is 29.3 Å². The van der Waals surface area contributed by atoms with E-state index < -0.39 is 34.4 Å². The molecule has 0 spiro atoms. The minimum atomic E-state index is -1.05. The third-order valence-corrected chi connectivity index (χ3v) is 3.17. The van der Waals surface area contributed by atoms with Crippen molar-refractivity contribution in [3.05, 3.63) is 29.8 Å². The largest absolute Gasteiger partial charge is 0.480 e. The number of halogens is 2. The minimum absolute atomic E-state index is 0.193. The molecule has 4 nitrogen and oxygen atoms in total. The van der Waals surface area contributed by atoms with E-state index in [1.165, 1.54) is 13.0 Å². The molecule has 1 unspecified atom stereocenters. The van der Waals surface area contributed by atoms with Crippen LogP contribution in [0.1, 0.15) is 6.92 Å². The van der Waals surface area contributed by atoms with Crippen LogP contribution >= 0.6 is 11.8 Å². The summed E-state index contributed by atoms with van der Waals surface area (Å²) in [6.07, 6.45) is 0. The smallest absolute Gasteiger partial charge is 0.316 e. The molecule has 0 heterocycles. The molecular formula is C11H11F2NO3S. The van der Waals surface area contributed by atoms with Crippen LogP contribution in [-0.4, -0.2) is 28.0 Å². The number of hydrogen-bond acceptors (Lipinski definition) is 3. The molecule has 0 aromatic heterocycles. The van der Waals surface area contributed by atoms with Crippen molar-refractivity contribution in [2.75, 3.05) is 11.1 Å². The van der Waals surface area contributed by atoms with E-state index in [-0.39, 0.29) is 5.75 Å². The Hall–Kier alpha value is -1.63. The van der Waals surface area contributed by atoms with Gasteiger partial charge in [0.2, 0.25) is 5.91 Å². The number of nitrogens with one attached hydrogen (secondary N) is 1. The zero-order valence-corrected chi connectivity index (χ0v) is 10.3. The fraction of sp³-hybridized carbons (Fsp3) is 0.273. The summed E-state index contributed by atoms with van der Waals surface area (Å²) in [5.41, 5.74) is -0.522. The Balaban J connectivity index is 2.58.